The van der Waals surface area contributed by atoms with Gasteiger partial charge in [0.15, 0.2) is 6.04 Å². The molecule has 0 bridgehead atoms. The number of hydrogen-bond acceptors (Lipinski definition) is 5. The highest BCUT2D eigenvalue weighted by atomic mass is 32.2. The summed E-state index contributed by atoms with van der Waals surface area (Å²) < 4.78 is 5.12. The Labute approximate surface area is 137 Å². The number of nitrogens with zero attached hydrogens (tertiary/aromatic N) is 1. The predicted octanol–water partition coefficient (Wildman–Crippen LogP) is 0.801. The Balaban J connectivity index is 1.70. The number of amides is 2. The zero-order chi connectivity index (χ0) is 16.4. The molecule has 1 aromatic carbocycles. The summed E-state index contributed by atoms with van der Waals surface area (Å²) in [6.07, 6.45) is -0.0331. The van der Waals surface area contributed by atoms with Gasteiger partial charge in [-0.1, -0.05) is 12.1 Å². The van der Waals surface area contributed by atoms with Crippen molar-refractivity contribution < 1.29 is 24.2 Å². The van der Waals surface area contributed by atoms with Crippen LogP contribution < -0.4 is 5.32 Å². The number of nitrogens with one attached hydrogen (secondary N) is 1. The number of benzene rings is 1. The summed E-state index contributed by atoms with van der Waals surface area (Å²) in [6.45, 7) is 0.516. The molecule has 1 saturated heterocycles. The van der Waals surface area contributed by atoms with Gasteiger partial charge in [0.1, 0.15) is 0 Å². The molecule has 0 aliphatic carbocycles. The number of para-hydroxylation sites is 1. The number of aliphatic carboxylic acids is 1. The maximum absolute atomic E-state index is 12.5. The Morgan fingerprint density at radius 3 is 2.96 bits per heavy atom. The van der Waals surface area contributed by atoms with Crippen molar-refractivity contribution >= 4 is 35.2 Å². The fraction of sp³-hybridized carbons (Fsp3) is 0.400. The summed E-state index contributed by atoms with van der Waals surface area (Å²) in [5.41, 5.74) is 0.737. The lowest BCUT2D eigenvalue weighted by Gasteiger charge is -2.34. The van der Waals surface area contributed by atoms with E-state index in [2.05, 4.69) is 5.32 Å². The normalized spacial score (nSPS) is 23.8. The fourth-order valence-corrected chi connectivity index (χ4v) is 3.71. The number of carbonyl (C=O) groups excluding carboxylic acids is 2. The molecule has 3 rings (SSSR count). The van der Waals surface area contributed by atoms with Crippen molar-refractivity contribution in [3.8, 4) is 0 Å². The molecular formula is C15H16N2O5S. The SMILES string of the molecule is O=C1Nc2ccccc2S[C@H]1CC(=O)N1CCOC[C@H]1C(=O)O. The van der Waals surface area contributed by atoms with E-state index in [9.17, 15) is 19.5 Å². The Kier molecular flexibility index (Phi) is 4.53. The summed E-state index contributed by atoms with van der Waals surface area (Å²) in [7, 11) is 0. The van der Waals surface area contributed by atoms with Crippen molar-refractivity contribution in [3.05, 3.63) is 24.3 Å². The zero-order valence-corrected chi connectivity index (χ0v) is 13.0. The number of fused-ring (bicyclic) bond motifs is 1. The molecule has 0 unspecified atom stereocenters. The van der Waals surface area contributed by atoms with Gasteiger partial charge in [0, 0.05) is 17.9 Å². The van der Waals surface area contributed by atoms with Gasteiger partial charge in [-0.25, -0.2) is 4.79 Å². The smallest absolute Gasteiger partial charge is 0.328 e. The van der Waals surface area contributed by atoms with E-state index in [0.717, 1.165) is 10.6 Å². The van der Waals surface area contributed by atoms with Crippen LogP contribution in [-0.4, -0.2) is 58.8 Å². The lowest BCUT2D eigenvalue weighted by Crippen LogP contribution is -2.53. The number of carboxylic acids is 1. The second-order valence-corrected chi connectivity index (χ2v) is 6.56. The third-order valence-electron chi connectivity index (χ3n) is 3.80. The number of morpholine rings is 1. The number of carbonyl (C=O) groups is 3. The van der Waals surface area contributed by atoms with Crippen molar-refractivity contribution in [2.24, 2.45) is 0 Å². The van der Waals surface area contributed by atoms with E-state index in [1.165, 1.54) is 16.7 Å². The van der Waals surface area contributed by atoms with Crippen LogP contribution in [-0.2, 0) is 19.1 Å². The standard InChI is InChI=1S/C15H16N2O5S/c18-13(17-5-6-22-8-10(17)15(20)21)7-12-14(19)16-9-3-1-2-4-11(9)23-12/h1-4,10,12H,5-8H2,(H,16,19)(H,20,21)/t10-,12-/m0/s1. The monoisotopic (exact) mass is 336 g/mol. The number of rotatable bonds is 3. The van der Waals surface area contributed by atoms with Crippen LogP contribution in [0.25, 0.3) is 0 Å². The van der Waals surface area contributed by atoms with Crippen LogP contribution in [0, 0.1) is 0 Å². The molecule has 8 heteroatoms. The number of anilines is 1. The minimum atomic E-state index is -1.09. The van der Waals surface area contributed by atoms with Crippen LogP contribution in [0.4, 0.5) is 5.69 Å². The Morgan fingerprint density at radius 1 is 1.39 bits per heavy atom. The van der Waals surface area contributed by atoms with Crippen LogP contribution in [0.15, 0.2) is 29.2 Å². The average Bonchev–Trinajstić information content (AvgIpc) is 2.55. The zero-order valence-electron chi connectivity index (χ0n) is 12.2. The molecule has 2 heterocycles. The van der Waals surface area contributed by atoms with Crippen LogP contribution in [0.5, 0.6) is 0 Å². The number of carboxylic acid groups (broad SMARTS) is 1. The first-order chi connectivity index (χ1) is 11.1. The molecule has 7 nitrogen and oxygen atoms in total. The van der Waals surface area contributed by atoms with E-state index >= 15 is 0 Å². The van der Waals surface area contributed by atoms with Gasteiger partial charge in [0.2, 0.25) is 11.8 Å². The van der Waals surface area contributed by atoms with Gasteiger partial charge < -0.3 is 20.1 Å². The highest BCUT2D eigenvalue weighted by Gasteiger charge is 2.36. The van der Waals surface area contributed by atoms with Crippen LogP contribution in [0.3, 0.4) is 0 Å². The minimum Gasteiger partial charge on any atom is -0.480 e. The molecule has 23 heavy (non-hydrogen) atoms. The van der Waals surface area contributed by atoms with Gasteiger partial charge >= 0.3 is 5.97 Å². The Bertz CT molecular complexity index is 651. The number of hydrogen-bond donors (Lipinski definition) is 2. The van der Waals surface area contributed by atoms with Gasteiger partial charge in [0.05, 0.1) is 24.2 Å². The third-order valence-corrected chi connectivity index (χ3v) is 5.08. The first-order valence-corrected chi connectivity index (χ1v) is 8.11. The predicted molar refractivity (Wildman–Crippen MR) is 83.3 cm³/mol. The molecule has 1 aromatic rings. The van der Waals surface area contributed by atoms with Crippen molar-refractivity contribution in [1.82, 2.24) is 4.90 Å². The van der Waals surface area contributed by atoms with Gasteiger partial charge in [-0.15, -0.1) is 11.8 Å². The van der Waals surface area contributed by atoms with E-state index < -0.39 is 17.3 Å². The molecule has 2 aliphatic heterocycles. The summed E-state index contributed by atoms with van der Waals surface area (Å²) in [5, 5.41) is 11.4. The molecule has 0 radical (unpaired) electrons. The molecular weight excluding hydrogens is 320 g/mol. The van der Waals surface area contributed by atoms with E-state index in [1.807, 2.05) is 18.2 Å². The first-order valence-electron chi connectivity index (χ1n) is 7.23. The van der Waals surface area contributed by atoms with Crippen LogP contribution in [0.2, 0.25) is 0 Å². The van der Waals surface area contributed by atoms with E-state index in [0.29, 0.717) is 6.61 Å². The second-order valence-electron chi connectivity index (χ2n) is 5.31. The Morgan fingerprint density at radius 2 is 2.17 bits per heavy atom. The number of thioether (sulfide) groups is 1. The van der Waals surface area contributed by atoms with Gasteiger partial charge in [0.25, 0.3) is 0 Å². The lowest BCUT2D eigenvalue weighted by molar-refractivity contribution is -0.158. The molecule has 0 spiro atoms. The second kappa shape index (κ2) is 6.59. The quantitative estimate of drug-likeness (QED) is 0.848. The molecule has 0 saturated carbocycles. The lowest BCUT2D eigenvalue weighted by atomic mass is 10.1. The highest BCUT2D eigenvalue weighted by molar-refractivity contribution is 8.01. The Hall–Kier alpha value is -2.06. The summed E-state index contributed by atoms with van der Waals surface area (Å²) in [4.78, 5) is 38.0. The fourth-order valence-electron chi connectivity index (χ4n) is 2.61. The average molecular weight is 336 g/mol. The minimum absolute atomic E-state index is 0.0199. The van der Waals surface area contributed by atoms with E-state index in [-0.39, 0.29) is 31.4 Å². The molecule has 2 amide bonds. The van der Waals surface area contributed by atoms with Crippen LogP contribution in [0.1, 0.15) is 6.42 Å². The molecule has 2 N–H and O–H groups in total. The largest absolute Gasteiger partial charge is 0.480 e. The van der Waals surface area contributed by atoms with Crippen molar-refractivity contribution in [2.45, 2.75) is 22.6 Å². The first kappa shape index (κ1) is 15.8. The molecule has 122 valence electrons. The topological polar surface area (TPSA) is 95.9 Å². The summed E-state index contributed by atoms with van der Waals surface area (Å²) in [5.74, 6) is -1.67. The summed E-state index contributed by atoms with van der Waals surface area (Å²) >= 11 is 1.33. The highest BCUT2D eigenvalue weighted by Crippen LogP contribution is 2.36. The maximum Gasteiger partial charge on any atom is 0.328 e. The van der Waals surface area contributed by atoms with Crippen molar-refractivity contribution in [2.75, 3.05) is 25.1 Å². The third kappa shape index (κ3) is 3.32. The van der Waals surface area contributed by atoms with E-state index in [1.54, 1.807) is 6.07 Å². The molecule has 2 atom stereocenters. The van der Waals surface area contributed by atoms with Gasteiger partial charge in [-0.3, -0.25) is 9.59 Å². The molecule has 0 aromatic heterocycles. The van der Waals surface area contributed by atoms with Gasteiger partial charge in [-0.2, -0.15) is 0 Å². The molecule has 1 fully saturated rings. The van der Waals surface area contributed by atoms with Crippen LogP contribution >= 0.6 is 11.8 Å². The summed E-state index contributed by atoms with van der Waals surface area (Å²) in [6, 6.07) is 6.40. The van der Waals surface area contributed by atoms with E-state index in [4.69, 9.17) is 4.74 Å². The van der Waals surface area contributed by atoms with Gasteiger partial charge in [-0.05, 0) is 12.1 Å². The van der Waals surface area contributed by atoms with Crippen molar-refractivity contribution in [1.29, 1.82) is 0 Å². The maximum atomic E-state index is 12.5. The molecule has 2 aliphatic rings. The van der Waals surface area contributed by atoms with Crippen molar-refractivity contribution in [3.63, 3.8) is 0 Å². The number of ether oxygens (including phenoxy) is 1.